The van der Waals surface area contributed by atoms with Gasteiger partial charge in [0.05, 0.1) is 0 Å². The van der Waals surface area contributed by atoms with E-state index in [0.717, 1.165) is 11.8 Å². The number of hydrogen-bond acceptors (Lipinski definition) is 1. The molecule has 0 amide bonds. The van der Waals surface area contributed by atoms with Crippen LogP contribution in [0.2, 0.25) is 0 Å². The lowest BCUT2D eigenvalue weighted by Gasteiger charge is -2.37. The smallest absolute Gasteiger partial charge is 0.0352 e. The fourth-order valence-electron chi connectivity index (χ4n) is 3.48. The van der Waals surface area contributed by atoms with Gasteiger partial charge in [-0.1, -0.05) is 45.0 Å². The standard InChI is InChI=1S/C19H31N/c1-18(2,3)16-10-6-14(7-11-16)15-8-12-17(13-9-15)19(4,5)20/h8-9,12-14,16H,6-7,10-11,20H2,1-5H3. The van der Waals surface area contributed by atoms with Crippen molar-refractivity contribution in [3.8, 4) is 0 Å². The molecule has 1 aliphatic carbocycles. The van der Waals surface area contributed by atoms with Crippen LogP contribution >= 0.6 is 0 Å². The van der Waals surface area contributed by atoms with Crippen LogP contribution in [0, 0.1) is 11.3 Å². The highest BCUT2D eigenvalue weighted by molar-refractivity contribution is 5.29. The SMILES string of the molecule is CC(C)(N)c1ccc(C2CCC(C(C)(C)C)CC2)cc1. The second-order valence-corrected chi connectivity index (χ2v) is 8.26. The van der Waals surface area contributed by atoms with Crippen LogP contribution in [-0.4, -0.2) is 0 Å². The summed E-state index contributed by atoms with van der Waals surface area (Å²) in [6.07, 6.45) is 5.43. The average Bonchev–Trinajstić information content (AvgIpc) is 2.37. The molecule has 1 nitrogen and oxygen atoms in total. The van der Waals surface area contributed by atoms with Gasteiger partial charge in [0.1, 0.15) is 0 Å². The number of nitrogens with two attached hydrogens (primary N) is 1. The zero-order valence-electron chi connectivity index (χ0n) is 13.9. The Bertz CT molecular complexity index is 422. The normalized spacial score (nSPS) is 24.7. The summed E-state index contributed by atoms with van der Waals surface area (Å²) in [5, 5.41) is 0. The molecule has 0 spiro atoms. The van der Waals surface area contributed by atoms with Crippen molar-refractivity contribution in [3.63, 3.8) is 0 Å². The van der Waals surface area contributed by atoms with E-state index >= 15 is 0 Å². The van der Waals surface area contributed by atoms with Crippen molar-refractivity contribution >= 4 is 0 Å². The summed E-state index contributed by atoms with van der Waals surface area (Å²) in [5.74, 6) is 1.64. The summed E-state index contributed by atoms with van der Waals surface area (Å²) in [5.41, 5.74) is 9.12. The van der Waals surface area contributed by atoms with Crippen molar-refractivity contribution in [1.82, 2.24) is 0 Å². The first-order valence-electron chi connectivity index (χ1n) is 8.07. The largest absolute Gasteiger partial charge is 0.322 e. The van der Waals surface area contributed by atoms with Gasteiger partial charge in [0, 0.05) is 5.54 Å². The minimum atomic E-state index is -0.234. The molecule has 1 saturated carbocycles. The minimum Gasteiger partial charge on any atom is -0.322 e. The zero-order chi connectivity index (χ0) is 15.0. The summed E-state index contributed by atoms with van der Waals surface area (Å²) in [7, 11) is 0. The third-order valence-corrected chi connectivity index (χ3v) is 5.08. The molecule has 2 N–H and O–H groups in total. The number of benzene rings is 1. The molecule has 112 valence electrons. The lowest BCUT2D eigenvalue weighted by molar-refractivity contribution is 0.169. The van der Waals surface area contributed by atoms with E-state index in [1.807, 2.05) is 0 Å². The van der Waals surface area contributed by atoms with Crippen LogP contribution in [-0.2, 0) is 5.54 Å². The van der Waals surface area contributed by atoms with E-state index < -0.39 is 0 Å². The summed E-state index contributed by atoms with van der Waals surface area (Å²) in [6, 6.07) is 9.02. The topological polar surface area (TPSA) is 26.0 Å². The van der Waals surface area contributed by atoms with E-state index in [4.69, 9.17) is 5.73 Å². The van der Waals surface area contributed by atoms with Crippen LogP contribution in [0.1, 0.15) is 77.3 Å². The minimum absolute atomic E-state index is 0.234. The van der Waals surface area contributed by atoms with Gasteiger partial charge in [-0.3, -0.25) is 0 Å². The van der Waals surface area contributed by atoms with Gasteiger partial charge in [-0.25, -0.2) is 0 Å². The van der Waals surface area contributed by atoms with Gasteiger partial charge >= 0.3 is 0 Å². The summed E-state index contributed by atoms with van der Waals surface area (Å²) >= 11 is 0. The molecular weight excluding hydrogens is 242 g/mol. The van der Waals surface area contributed by atoms with Crippen molar-refractivity contribution in [3.05, 3.63) is 35.4 Å². The highest BCUT2D eigenvalue weighted by atomic mass is 14.7. The van der Waals surface area contributed by atoms with Gasteiger partial charge < -0.3 is 5.73 Å². The van der Waals surface area contributed by atoms with E-state index in [1.54, 1.807) is 0 Å². The van der Waals surface area contributed by atoms with Gasteiger partial charge in [0.2, 0.25) is 0 Å². The van der Waals surface area contributed by atoms with Gasteiger partial charge in [-0.05, 0) is 67.9 Å². The predicted molar refractivity (Wildman–Crippen MR) is 87.8 cm³/mol. The summed E-state index contributed by atoms with van der Waals surface area (Å²) < 4.78 is 0. The molecule has 1 aromatic carbocycles. The Labute approximate surface area is 125 Å². The van der Waals surface area contributed by atoms with Gasteiger partial charge in [-0.15, -0.1) is 0 Å². The lowest BCUT2D eigenvalue weighted by Crippen LogP contribution is -2.28. The van der Waals surface area contributed by atoms with E-state index in [2.05, 4.69) is 58.9 Å². The molecule has 1 aliphatic rings. The Morgan fingerprint density at radius 3 is 1.75 bits per heavy atom. The Morgan fingerprint density at radius 1 is 0.850 bits per heavy atom. The Balaban J connectivity index is 2.01. The quantitative estimate of drug-likeness (QED) is 0.787. The molecule has 0 atom stereocenters. The van der Waals surface area contributed by atoms with Crippen LogP contribution in [0.3, 0.4) is 0 Å². The molecule has 0 heterocycles. The molecule has 0 unspecified atom stereocenters. The predicted octanol–water partition coefficient (Wildman–Crippen LogP) is 5.20. The van der Waals surface area contributed by atoms with Crippen molar-refractivity contribution in [2.24, 2.45) is 17.1 Å². The van der Waals surface area contributed by atoms with Gasteiger partial charge in [-0.2, -0.15) is 0 Å². The summed E-state index contributed by atoms with van der Waals surface area (Å²) in [4.78, 5) is 0. The fraction of sp³-hybridized carbons (Fsp3) is 0.684. The molecule has 1 aromatic rings. The highest BCUT2D eigenvalue weighted by Crippen LogP contribution is 2.43. The molecule has 20 heavy (non-hydrogen) atoms. The monoisotopic (exact) mass is 273 g/mol. The van der Waals surface area contributed by atoms with Gasteiger partial charge in [0.25, 0.3) is 0 Å². The summed E-state index contributed by atoms with van der Waals surface area (Å²) in [6.45, 7) is 11.3. The molecular formula is C19H31N. The molecule has 2 rings (SSSR count). The van der Waals surface area contributed by atoms with Crippen molar-refractivity contribution in [2.75, 3.05) is 0 Å². The zero-order valence-corrected chi connectivity index (χ0v) is 13.9. The number of rotatable bonds is 2. The number of hydrogen-bond donors (Lipinski definition) is 1. The molecule has 1 heteroatoms. The maximum Gasteiger partial charge on any atom is 0.0352 e. The van der Waals surface area contributed by atoms with Crippen LogP contribution in [0.15, 0.2) is 24.3 Å². The third-order valence-electron chi connectivity index (χ3n) is 5.08. The van der Waals surface area contributed by atoms with E-state index in [1.165, 1.54) is 36.8 Å². The second-order valence-electron chi connectivity index (χ2n) is 8.26. The molecule has 0 saturated heterocycles. The lowest BCUT2D eigenvalue weighted by atomic mass is 9.68. The first-order valence-corrected chi connectivity index (χ1v) is 8.07. The average molecular weight is 273 g/mol. The van der Waals surface area contributed by atoms with E-state index in [-0.39, 0.29) is 5.54 Å². The first-order chi connectivity index (χ1) is 9.18. The van der Waals surface area contributed by atoms with Gasteiger partial charge in [0.15, 0.2) is 0 Å². The Morgan fingerprint density at radius 2 is 1.35 bits per heavy atom. The fourth-order valence-corrected chi connectivity index (χ4v) is 3.48. The van der Waals surface area contributed by atoms with Crippen LogP contribution < -0.4 is 5.73 Å². The maximum absolute atomic E-state index is 6.15. The molecule has 0 radical (unpaired) electrons. The Kier molecular flexibility index (Phi) is 4.30. The van der Waals surface area contributed by atoms with Crippen molar-refractivity contribution < 1.29 is 0 Å². The maximum atomic E-state index is 6.15. The molecule has 0 bridgehead atoms. The van der Waals surface area contributed by atoms with Crippen molar-refractivity contribution in [2.45, 2.75) is 71.8 Å². The van der Waals surface area contributed by atoms with Crippen LogP contribution in [0.25, 0.3) is 0 Å². The second kappa shape index (κ2) is 5.52. The molecule has 0 aliphatic heterocycles. The third kappa shape index (κ3) is 3.63. The van der Waals surface area contributed by atoms with Crippen LogP contribution in [0.4, 0.5) is 0 Å². The first kappa shape index (κ1) is 15.6. The van der Waals surface area contributed by atoms with E-state index in [0.29, 0.717) is 5.41 Å². The highest BCUT2D eigenvalue weighted by Gasteiger charge is 2.30. The molecule has 1 fully saturated rings. The van der Waals surface area contributed by atoms with Crippen LogP contribution in [0.5, 0.6) is 0 Å². The van der Waals surface area contributed by atoms with Crippen molar-refractivity contribution in [1.29, 1.82) is 0 Å². The van der Waals surface area contributed by atoms with E-state index in [9.17, 15) is 0 Å². The molecule has 0 aromatic heterocycles. The Hall–Kier alpha value is -0.820.